The lowest BCUT2D eigenvalue weighted by Crippen LogP contribution is -2.37. The first kappa shape index (κ1) is 11.1. The molecular formula is C11H15ClN2S. The Bertz CT molecular complexity index is 381. The molecule has 0 radical (unpaired) electrons. The number of anilines is 1. The quantitative estimate of drug-likeness (QED) is 0.796. The fourth-order valence-electron chi connectivity index (χ4n) is 1.78. The van der Waals surface area contributed by atoms with Crippen molar-refractivity contribution in [2.75, 3.05) is 11.9 Å². The number of aryl methyl sites for hydroxylation is 1. The van der Waals surface area contributed by atoms with Gasteiger partial charge in [-0.25, -0.2) is 0 Å². The summed E-state index contributed by atoms with van der Waals surface area (Å²) in [6.45, 7) is 4.88. The molecule has 0 saturated heterocycles. The maximum absolute atomic E-state index is 6.20. The number of halogens is 1. The molecule has 3 N–H and O–H groups in total. The molecule has 2 atom stereocenters. The smallest absolute Gasteiger partial charge is 0.0670 e. The second-order valence-electron chi connectivity index (χ2n) is 3.94. The normalized spacial score (nSPS) is 24.5. The van der Waals surface area contributed by atoms with Crippen LogP contribution in [-0.4, -0.2) is 17.8 Å². The molecule has 1 aromatic rings. The third-order valence-corrected chi connectivity index (χ3v) is 4.42. The summed E-state index contributed by atoms with van der Waals surface area (Å²) in [5.74, 6) is 0. The van der Waals surface area contributed by atoms with Gasteiger partial charge in [-0.2, -0.15) is 0 Å². The van der Waals surface area contributed by atoms with Crippen LogP contribution in [0, 0.1) is 6.92 Å². The summed E-state index contributed by atoms with van der Waals surface area (Å²) in [5, 5.41) is 4.66. The van der Waals surface area contributed by atoms with Crippen LogP contribution in [0.2, 0.25) is 5.02 Å². The predicted octanol–water partition coefficient (Wildman–Crippen LogP) is 2.88. The van der Waals surface area contributed by atoms with E-state index in [1.165, 1.54) is 10.5 Å². The maximum Gasteiger partial charge on any atom is 0.0670 e. The third kappa shape index (κ3) is 2.10. The van der Waals surface area contributed by atoms with Crippen molar-refractivity contribution in [3.05, 3.63) is 22.7 Å². The molecule has 4 heteroatoms. The lowest BCUT2D eigenvalue weighted by molar-refractivity contribution is 0.723. The lowest BCUT2D eigenvalue weighted by atomic mass is 10.1. The van der Waals surface area contributed by atoms with E-state index >= 15 is 0 Å². The van der Waals surface area contributed by atoms with E-state index in [-0.39, 0.29) is 0 Å². The van der Waals surface area contributed by atoms with E-state index in [4.69, 9.17) is 17.3 Å². The molecule has 1 aromatic carbocycles. The number of hydrogen-bond acceptors (Lipinski definition) is 3. The molecule has 1 heterocycles. The maximum atomic E-state index is 6.20. The Morgan fingerprint density at radius 2 is 2.27 bits per heavy atom. The van der Waals surface area contributed by atoms with Crippen molar-refractivity contribution in [1.82, 2.24) is 0 Å². The highest BCUT2D eigenvalue weighted by Crippen LogP contribution is 2.41. The molecule has 1 aliphatic heterocycles. The van der Waals surface area contributed by atoms with Gasteiger partial charge in [0.1, 0.15) is 0 Å². The fraction of sp³-hybridized carbons (Fsp3) is 0.455. The van der Waals surface area contributed by atoms with Gasteiger partial charge in [-0.3, -0.25) is 0 Å². The number of benzene rings is 1. The second-order valence-corrected chi connectivity index (χ2v) is 5.63. The summed E-state index contributed by atoms with van der Waals surface area (Å²) in [5.41, 5.74) is 7.99. The van der Waals surface area contributed by atoms with Crippen LogP contribution in [0.5, 0.6) is 0 Å². The highest BCUT2D eigenvalue weighted by atomic mass is 35.5. The van der Waals surface area contributed by atoms with Crippen LogP contribution in [0.15, 0.2) is 17.0 Å². The molecule has 0 amide bonds. The molecule has 82 valence electrons. The van der Waals surface area contributed by atoms with Crippen molar-refractivity contribution in [1.29, 1.82) is 0 Å². The molecule has 0 aliphatic carbocycles. The van der Waals surface area contributed by atoms with Crippen molar-refractivity contribution in [2.24, 2.45) is 5.73 Å². The van der Waals surface area contributed by atoms with E-state index in [0.717, 1.165) is 10.7 Å². The molecule has 0 saturated carbocycles. The Morgan fingerprint density at radius 3 is 2.93 bits per heavy atom. The standard InChI is InChI=1S/C11H15ClN2S/c1-6-3-8(12)11-9(4-6)15-10(5-13)7(2)14-11/h3-4,7,10,14H,5,13H2,1-2H3. The minimum absolute atomic E-state index is 0.368. The molecule has 15 heavy (non-hydrogen) atoms. The van der Waals surface area contributed by atoms with Crippen molar-refractivity contribution in [2.45, 2.75) is 30.0 Å². The summed E-state index contributed by atoms with van der Waals surface area (Å²) in [7, 11) is 0. The van der Waals surface area contributed by atoms with Gasteiger partial charge in [-0.1, -0.05) is 11.6 Å². The number of nitrogens with one attached hydrogen (secondary N) is 1. The van der Waals surface area contributed by atoms with E-state index in [0.29, 0.717) is 17.8 Å². The fourth-order valence-corrected chi connectivity index (χ4v) is 3.40. The van der Waals surface area contributed by atoms with Gasteiger partial charge in [0.05, 0.1) is 10.7 Å². The lowest BCUT2D eigenvalue weighted by Gasteiger charge is -2.31. The van der Waals surface area contributed by atoms with E-state index in [2.05, 4.69) is 25.2 Å². The van der Waals surface area contributed by atoms with Crippen LogP contribution in [0.1, 0.15) is 12.5 Å². The zero-order chi connectivity index (χ0) is 11.0. The van der Waals surface area contributed by atoms with Gasteiger partial charge in [0.15, 0.2) is 0 Å². The van der Waals surface area contributed by atoms with Crippen LogP contribution in [0.25, 0.3) is 0 Å². The molecule has 0 fully saturated rings. The van der Waals surface area contributed by atoms with Crippen molar-refractivity contribution >= 4 is 29.1 Å². The van der Waals surface area contributed by atoms with Crippen LogP contribution in [-0.2, 0) is 0 Å². The average Bonchev–Trinajstić information content (AvgIpc) is 2.18. The molecule has 2 unspecified atom stereocenters. The summed E-state index contributed by atoms with van der Waals surface area (Å²) < 4.78 is 0. The zero-order valence-electron chi connectivity index (χ0n) is 8.88. The number of hydrogen-bond donors (Lipinski definition) is 2. The topological polar surface area (TPSA) is 38.0 Å². The van der Waals surface area contributed by atoms with E-state index < -0.39 is 0 Å². The number of rotatable bonds is 1. The Morgan fingerprint density at radius 1 is 1.53 bits per heavy atom. The molecule has 2 rings (SSSR count). The minimum Gasteiger partial charge on any atom is -0.379 e. The largest absolute Gasteiger partial charge is 0.379 e. The van der Waals surface area contributed by atoms with Crippen LogP contribution in [0.4, 0.5) is 5.69 Å². The van der Waals surface area contributed by atoms with Gasteiger partial charge in [0, 0.05) is 22.7 Å². The van der Waals surface area contributed by atoms with Gasteiger partial charge in [0.25, 0.3) is 0 Å². The van der Waals surface area contributed by atoms with Crippen molar-refractivity contribution in [3.8, 4) is 0 Å². The Kier molecular flexibility index (Phi) is 3.14. The van der Waals surface area contributed by atoms with Crippen LogP contribution < -0.4 is 11.1 Å². The number of fused-ring (bicyclic) bond motifs is 1. The number of nitrogens with two attached hydrogens (primary N) is 1. The monoisotopic (exact) mass is 242 g/mol. The van der Waals surface area contributed by atoms with Crippen molar-refractivity contribution in [3.63, 3.8) is 0 Å². The second kappa shape index (κ2) is 4.24. The predicted molar refractivity (Wildman–Crippen MR) is 68.0 cm³/mol. The van der Waals surface area contributed by atoms with E-state index in [1.807, 2.05) is 17.8 Å². The Labute approximate surface area is 99.6 Å². The van der Waals surface area contributed by atoms with Crippen molar-refractivity contribution < 1.29 is 0 Å². The Hall–Kier alpha value is -0.380. The highest BCUT2D eigenvalue weighted by molar-refractivity contribution is 8.00. The summed E-state index contributed by atoms with van der Waals surface area (Å²) in [6.07, 6.45) is 0. The molecule has 0 bridgehead atoms. The van der Waals surface area contributed by atoms with Gasteiger partial charge >= 0.3 is 0 Å². The third-order valence-electron chi connectivity index (χ3n) is 2.64. The van der Waals surface area contributed by atoms with Gasteiger partial charge in [-0.05, 0) is 31.5 Å². The summed E-state index contributed by atoms with van der Waals surface area (Å²) in [6, 6.07) is 4.52. The molecular weight excluding hydrogens is 228 g/mol. The van der Waals surface area contributed by atoms with Gasteiger partial charge in [-0.15, -0.1) is 11.8 Å². The first-order chi connectivity index (χ1) is 7.11. The van der Waals surface area contributed by atoms with E-state index in [9.17, 15) is 0 Å². The highest BCUT2D eigenvalue weighted by Gasteiger charge is 2.25. The van der Waals surface area contributed by atoms with Crippen LogP contribution in [0.3, 0.4) is 0 Å². The first-order valence-electron chi connectivity index (χ1n) is 5.05. The van der Waals surface area contributed by atoms with Crippen LogP contribution >= 0.6 is 23.4 Å². The van der Waals surface area contributed by atoms with Gasteiger partial charge < -0.3 is 11.1 Å². The molecule has 2 nitrogen and oxygen atoms in total. The van der Waals surface area contributed by atoms with Gasteiger partial charge in [0.2, 0.25) is 0 Å². The minimum atomic E-state index is 0.368. The first-order valence-corrected chi connectivity index (χ1v) is 6.31. The Balaban J connectivity index is 2.40. The number of thioether (sulfide) groups is 1. The zero-order valence-corrected chi connectivity index (χ0v) is 10.5. The average molecular weight is 243 g/mol. The molecule has 0 aromatic heterocycles. The molecule has 0 spiro atoms. The molecule has 1 aliphatic rings. The summed E-state index contributed by atoms with van der Waals surface area (Å²) >= 11 is 8.02. The van der Waals surface area contributed by atoms with E-state index in [1.54, 1.807) is 0 Å². The summed E-state index contributed by atoms with van der Waals surface area (Å²) in [4.78, 5) is 1.22. The SMILES string of the molecule is Cc1cc(Cl)c2c(c1)SC(CN)C(C)N2.